The number of aryl methyl sites for hydroxylation is 1. The number of thiophene rings is 1. The van der Waals surface area contributed by atoms with Crippen LogP contribution in [0.2, 0.25) is 0 Å². The minimum absolute atomic E-state index is 0.0107. The minimum Gasteiger partial charge on any atom is -0.390 e. The molecule has 1 spiro atoms. The van der Waals surface area contributed by atoms with Crippen LogP contribution in [0.1, 0.15) is 84.5 Å². The van der Waals surface area contributed by atoms with Crippen molar-refractivity contribution in [1.82, 2.24) is 39.6 Å². The molecule has 232 valence electrons. The van der Waals surface area contributed by atoms with Crippen LogP contribution < -0.4 is 5.73 Å². The van der Waals surface area contributed by atoms with E-state index in [4.69, 9.17) is 25.3 Å². The Kier molecular flexibility index (Phi) is 6.56. The third-order valence-corrected chi connectivity index (χ3v) is 11.2. The molecule has 1 fully saturated rings. The second-order valence-corrected chi connectivity index (χ2v) is 13.7. The van der Waals surface area contributed by atoms with Gasteiger partial charge in [0, 0.05) is 16.5 Å². The van der Waals surface area contributed by atoms with E-state index in [9.17, 15) is 14.8 Å². The van der Waals surface area contributed by atoms with E-state index in [1.165, 1.54) is 22.2 Å². The number of hydrogen-bond donors (Lipinski definition) is 2. The Morgan fingerprint density at radius 3 is 2.82 bits per heavy atom. The van der Waals surface area contributed by atoms with E-state index >= 15 is 0 Å². The minimum atomic E-state index is -0.628. The fraction of sp³-hybridized carbons (Fsp3) is 0.484. The van der Waals surface area contributed by atoms with Crippen LogP contribution in [0.5, 0.6) is 0 Å². The number of likely N-dealkylation sites (tertiary alicyclic amines) is 1. The molecule has 3 N–H and O–H groups in total. The molecule has 6 heterocycles. The Morgan fingerprint density at radius 2 is 2.09 bits per heavy atom. The summed E-state index contributed by atoms with van der Waals surface area (Å²) in [5.74, 6) is 0.797. The van der Waals surface area contributed by atoms with Gasteiger partial charge in [-0.15, -0.1) is 11.3 Å². The SMILES string of the molecule is C[C@@H]([C@@H]1CCCN1C)n1ncc2c(-n3cc(F)c(CO)n3)nc(-c3noc4c3CCC[C@@]43CCCc4sc(N)c(C#N)c43)nc21. The first-order valence-electron chi connectivity index (χ1n) is 15.5. The lowest BCUT2D eigenvalue weighted by molar-refractivity contribution is 0.232. The molecule has 0 amide bonds. The van der Waals surface area contributed by atoms with Crippen LogP contribution in [0.3, 0.4) is 0 Å². The van der Waals surface area contributed by atoms with Crippen molar-refractivity contribution in [2.45, 2.75) is 82.4 Å². The first kappa shape index (κ1) is 28.3. The number of rotatable bonds is 5. The largest absolute Gasteiger partial charge is 0.390 e. The Balaban J connectivity index is 1.32. The number of hydrogen-bond acceptors (Lipinski definition) is 11. The highest BCUT2D eigenvalue weighted by atomic mass is 32.1. The van der Waals surface area contributed by atoms with E-state index in [0.29, 0.717) is 38.9 Å². The van der Waals surface area contributed by atoms with Crippen molar-refractivity contribution in [1.29, 1.82) is 5.26 Å². The summed E-state index contributed by atoms with van der Waals surface area (Å²) in [6, 6.07) is 2.66. The molecule has 0 radical (unpaired) electrons. The molecule has 1 aliphatic heterocycles. The molecule has 2 aliphatic carbocycles. The molecule has 14 heteroatoms. The maximum absolute atomic E-state index is 14.7. The molecule has 5 aromatic heterocycles. The van der Waals surface area contributed by atoms with Crippen molar-refractivity contribution in [3.8, 4) is 23.4 Å². The molecule has 3 atom stereocenters. The fourth-order valence-electron chi connectivity index (χ4n) is 8.02. The van der Waals surface area contributed by atoms with Gasteiger partial charge in [-0.2, -0.15) is 15.5 Å². The zero-order chi connectivity index (χ0) is 31.0. The maximum Gasteiger partial charge on any atom is 0.186 e. The van der Waals surface area contributed by atoms with Gasteiger partial charge < -0.3 is 20.3 Å². The van der Waals surface area contributed by atoms with Crippen LogP contribution in [0.15, 0.2) is 16.9 Å². The molecular formula is C31H33FN10O2S. The summed E-state index contributed by atoms with van der Waals surface area (Å²) >= 11 is 1.51. The molecule has 8 rings (SSSR count). The second kappa shape index (κ2) is 10.4. The lowest BCUT2D eigenvalue weighted by Crippen LogP contribution is -2.35. The normalized spacial score (nSPS) is 22.2. The first-order chi connectivity index (χ1) is 21.8. The van der Waals surface area contributed by atoms with Gasteiger partial charge in [0.05, 0.1) is 41.4 Å². The van der Waals surface area contributed by atoms with E-state index in [-0.39, 0.29) is 17.8 Å². The Hall–Kier alpha value is -4.19. The van der Waals surface area contributed by atoms with Gasteiger partial charge in [-0.25, -0.2) is 23.7 Å². The summed E-state index contributed by atoms with van der Waals surface area (Å²) in [4.78, 5) is 13.4. The van der Waals surface area contributed by atoms with Crippen molar-refractivity contribution in [2.24, 2.45) is 0 Å². The number of aliphatic hydroxyl groups is 1. The molecule has 0 saturated carbocycles. The Bertz CT molecular complexity index is 2000. The van der Waals surface area contributed by atoms with Gasteiger partial charge in [-0.3, -0.25) is 0 Å². The number of nitrogens with zero attached hydrogens (tertiary/aromatic N) is 9. The highest BCUT2D eigenvalue weighted by Gasteiger charge is 2.49. The van der Waals surface area contributed by atoms with Crippen LogP contribution in [-0.2, 0) is 24.9 Å². The smallest absolute Gasteiger partial charge is 0.186 e. The number of halogens is 1. The number of aromatic nitrogens is 7. The number of likely N-dealkylation sites (N-methyl/N-ethyl adjacent to an activating group) is 1. The van der Waals surface area contributed by atoms with Crippen LogP contribution in [0.25, 0.3) is 28.4 Å². The summed E-state index contributed by atoms with van der Waals surface area (Å²) in [5.41, 5.74) is 9.36. The van der Waals surface area contributed by atoms with Gasteiger partial charge in [0.15, 0.2) is 34.6 Å². The zero-order valence-corrected chi connectivity index (χ0v) is 25.9. The van der Waals surface area contributed by atoms with Gasteiger partial charge in [0.25, 0.3) is 0 Å². The van der Waals surface area contributed by atoms with Gasteiger partial charge in [0.1, 0.15) is 16.8 Å². The molecule has 12 nitrogen and oxygen atoms in total. The molecular weight excluding hydrogens is 595 g/mol. The lowest BCUT2D eigenvalue weighted by Gasteiger charge is -2.39. The average molecular weight is 629 g/mol. The lowest BCUT2D eigenvalue weighted by atomic mass is 9.63. The molecule has 5 aromatic rings. The van der Waals surface area contributed by atoms with Gasteiger partial charge in [-0.05, 0) is 77.4 Å². The molecule has 1 saturated heterocycles. The van der Waals surface area contributed by atoms with Gasteiger partial charge in [0.2, 0.25) is 0 Å². The predicted molar refractivity (Wildman–Crippen MR) is 164 cm³/mol. The number of aliphatic hydroxyl groups excluding tert-OH is 1. The van der Waals surface area contributed by atoms with E-state index < -0.39 is 17.8 Å². The molecule has 0 aromatic carbocycles. The third kappa shape index (κ3) is 4.10. The van der Waals surface area contributed by atoms with E-state index in [1.807, 2.05) is 4.68 Å². The molecule has 0 bridgehead atoms. The Labute approximate surface area is 262 Å². The monoisotopic (exact) mass is 628 g/mol. The number of anilines is 1. The van der Waals surface area contributed by atoms with E-state index in [0.717, 1.165) is 79.7 Å². The van der Waals surface area contributed by atoms with Crippen molar-refractivity contribution < 1.29 is 14.0 Å². The van der Waals surface area contributed by atoms with Crippen LogP contribution >= 0.6 is 11.3 Å². The highest BCUT2D eigenvalue weighted by molar-refractivity contribution is 7.16. The number of nitrogen functional groups attached to an aromatic ring is 1. The fourth-order valence-corrected chi connectivity index (χ4v) is 9.18. The molecule has 45 heavy (non-hydrogen) atoms. The van der Waals surface area contributed by atoms with Crippen LogP contribution in [-0.4, -0.2) is 64.3 Å². The summed E-state index contributed by atoms with van der Waals surface area (Å²) in [6.45, 7) is 2.62. The maximum atomic E-state index is 14.7. The van der Waals surface area contributed by atoms with Gasteiger partial charge >= 0.3 is 0 Å². The first-order valence-corrected chi connectivity index (χ1v) is 16.3. The predicted octanol–water partition coefficient (Wildman–Crippen LogP) is 4.43. The second-order valence-electron chi connectivity index (χ2n) is 12.5. The third-order valence-electron chi connectivity index (χ3n) is 10.1. The van der Waals surface area contributed by atoms with Crippen molar-refractivity contribution >= 4 is 27.4 Å². The summed E-state index contributed by atoms with van der Waals surface area (Å²) in [5, 5.41) is 34.5. The summed E-state index contributed by atoms with van der Waals surface area (Å²) < 4.78 is 24.2. The average Bonchev–Trinajstić information content (AvgIpc) is 3.86. The number of nitrogens with two attached hydrogens (primary N) is 1. The van der Waals surface area contributed by atoms with Crippen molar-refractivity contribution in [2.75, 3.05) is 19.3 Å². The number of nitriles is 1. The quantitative estimate of drug-likeness (QED) is 0.285. The Morgan fingerprint density at radius 1 is 1.27 bits per heavy atom. The summed E-state index contributed by atoms with van der Waals surface area (Å²) in [7, 11) is 2.13. The van der Waals surface area contributed by atoms with Crippen molar-refractivity contribution in [3.05, 3.63) is 51.2 Å². The topological polar surface area (TPSA) is 161 Å². The standard InChI is InChI=1S/C31H33FN10O2S/c1-16(22-7-5-11-40(22)2)42-30-19(13-35-42)29(41-14-20(32)21(15-43)38-41)36-28(37-30)25-17-6-3-9-31(26(17)44-39-25)10-4-8-23-24(31)18(12-33)27(34)45-23/h13-14,16,22,43H,3-11,15,34H2,1-2H3/t16-,22-,31-/m0/s1. The molecule has 0 unspecified atom stereocenters. The molecule has 3 aliphatic rings. The zero-order valence-electron chi connectivity index (χ0n) is 25.1. The van der Waals surface area contributed by atoms with E-state index in [1.54, 1.807) is 6.20 Å². The van der Waals surface area contributed by atoms with Crippen LogP contribution in [0, 0.1) is 17.1 Å². The van der Waals surface area contributed by atoms with Gasteiger partial charge in [-0.1, -0.05) is 5.16 Å². The van der Waals surface area contributed by atoms with E-state index in [2.05, 4.69) is 35.2 Å². The number of fused-ring (bicyclic) bond motifs is 5. The van der Waals surface area contributed by atoms with Crippen molar-refractivity contribution in [3.63, 3.8) is 0 Å². The highest BCUT2D eigenvalue weighted by Crippen LogP contribution is 2.55. The van der Waals surface area contributed by atoms with Crippen LogP contribution in [0.4, 0.5) is 9.39 Å². The summed E-state index contributed by atoms with van der Waals surface area (Å²) in [6.07, 6.45) is 10.2.